The lowest BCUT2D eigenvalue weighted by Gasteiger charge is -2.34. The Balaban J connectivity index is 2.03. The summed E-state index contributed by atoms with van der Waals surface area (Å²) in [5, 5.41) is 0. The number of piperazine rings is 1. The van der Waals surface area contributed by atoms with E-state index in [-0.39, 0.29) is 0 Å². The van der Waals surface area contributed by atoms with Crippen LogP contribution in [-0.4, -0.2) is 56.0 Å². The monoisotopic (exact) mass is 250 g/mol. The number of aldehydes is 1. The molecule has 0 saturated carbocycles. The number of hydrogen-bond donors (Lipinski definition) is 1. The molecule has 0 aromatic carbocycles. The summed E-state index contributed by atoms with van der Waals surface area (Å²) in [6.45, 7) is 3.95. The molecule has 2 rings (SSSR count). The molecular formula is C12H18N4O2. The van der Waals surface area contributed by atoms with Crippen LogP contribution in [0.4, 0.5) is 11.5 Å². The van der Waals surface area contributed by atoms with Crippen LogP contribution in [0.25, 0.3) is 0 Å². The minimum Gasteiger partial charge on any atom is -0.479 e. The van der Waals surface area contributed by atoms with E-state index in [1.165, 1.54) is 0 Å². The minimum atomic E-state index is 0.461. The molecule has 18 heavy (non-hydrogen) atoms. The number of nitrogens with zero attached hydrogens (tertiary/aromatic N) is 3. The fourth-order valence-corrected chi connectivity index (χ4v) is 2.05. The van der Waals surface area contributed by atoms with Gasteiger partial charge in [-0.25, -0.2) is 0 Å². The topological polar surface area (TPSA) is 71.7 Å². The molecule has 1 aromatic heterocycles. The Labute approximate surface area is 106 Å². The van der Waals surface area contributed by atoms with Gasteiger partial charge >= 0.3 is 0 Å². The number of methoxy groups -OCH3 is 1. The molecule has 6 heteroatoms. The van der Waals surface area contributed by atoms with Gasteiger partial charge in [-0.3, -0.25) is 4.90 Å². The van der Waals surface area contributed by atoms with Crippen molar-refractivity contribution >= 4 is 17.8 Å². The molecule has 1 aliphatic rings. The van der Waals surface area contributed by atoms with Crippen molar-refractivity contribution in [2.45, 2.75) is 0 Å². The third-order valence-electron chi connectivity index (χ3n) is 3.10. The first-order valence-electron chi connectivity index (χ1n) is 5.96. The maximum Gasteiger partial charge on any atom is 0.238 e. The molecule has 0 bridgehead atoms. The quantitative estimate of drug-likeness (QED) is 0.758. The summed E-state index contributed by atoms with van der Waals surface area (Å²) in [5.74, 6) is 1.33. The maximum absolute atomic E-state index is 10.4. The Kier molecular flexibility index (Phi) is 3.99. The maximum atomic E-state index is 10.4. The Morgan fingerprint density at radius 1 is 1.39 bits per heavy atom. The van der Waals surface area contributed by atoms with Crippen molar-refractivity contribution < 1.29 is 9.53 Å². The first kappa shape index (κ1) is 12.6. The van der Waals surface area contributed by atoms with E-state index < -0.39 is 0 Å². The molecule has 1 saturated heterocycles. The molecule has 0 radical (unpaired) electrons. The van der Waals surface area contributed by atoms with Crippen LogP contribution in [0.2, 0.25) is 0 Å². The van der Waals surface area contributed by atoms with Gasteiger partial charge in [0.1, 0.15) is 12.1 Å². The van der Waals surface area contributed by atoms with Crippen molar-refractivity contribution in [1.29, 1.82) is 0 Å². The molecule has 0 amide bonds. The molecule has 6 nitrogen and oxygen atoms in total. The minimum absolute atomic E-state index is 0.461. The Hall–Kier alpha value is -1.82. The summed E-state index contributed by atoms with van der Waals surface area (Å²) in [6.07, 6.45) is 0.945. The lowest BCUT2D eigenvalue weighted by molar-refractivity contribution is -0.108. The highest BCUT2D eigenvalue weighted by atomic mass is 16.5. The van der Waals surface area contributed by atoms with Gasteiger partial charge in [-0.2, -0.15) is 4.98 Å². The van der Waals surface area contributed by atoms with Gasteiger partial charge in [-0.05, 0) is 12.1 Å². The predicted octanol–water partition coefficient (Wildman–Crippen LogP) is -0.00670. The fraction of sp³-hybridized carbons (Fsp3) is 0.500. The largest absolute Gasteiger partial charge is 0.479 e. The molecule has 1 aromatic rings. The molecule has 2 N–H and O–H groups in total. The number of rotatable bonds is 4. The second-order valence-corrected chi connectivity index (χ2v) is 4.22. The highest BCUT2D eigenvalue weighted by Gasteiger charge is 2.18. The number of ether oxygens (including phenoxy) is 1. The van der Waals surface area contributed by atoms with Gasteiger partial charge in [0.25, 0.3) is 0 Å². The number of anilines is 2. The molecule has 0 unspecified atom stereocenters. The lowest BCUT2D eigenvalue weighted by atomic mass is 10.3. The van der Waals surface area contributed by atoms with Gasteiger partial charge in [0.05, 0.1) is 19.3 Å². The highest BCUT2D eigenvalue weighted by Crippen LogP contribution is 2.23. The number of nitrogens with two attached hydrogens (primary N) is 1. The third-order valence-corrected chi connectivity index (χ3v) is 3.10. The van der Waals surface area contributed by atoms with Gasteiger partial charge in [0.2, 0.25) is 5.88 Å². The van der Waals surface area contributed by atoms with Crippen molar-refractivity contribution in [3.63, 3.8) is 0 Å². The second kappa shape index (κ2) is 5.68. The van der Waals surface area contributed by atoms with Crippen molar-refractivity contribution in [3.8, 4) is 5.88 Å². The SMILES string of the molecule is COc1nc(N2CCN(CC=O)CC2)ccc1N. The van der Waals surface area contributed by atoms with Crippen molar-refractivity contribution in [2.75, 3.05) is 50.5 Å². The van der Waals surface area contributed by atoms with E-state index in [2.05, 4.69) is 14.8 Å². The van der Waals surface area contributed by atoms with Crippen molar-refractivity contribution in [3.05, 3.63) is 12.1 Å². The van der Waals surface area contributed by atoms with E-state index in [4.69, 9.17) is 10.5 Å². The smallest absolute Gasteiger partial charge is 0.238 e. The van der Waals surface area contributed by atoms with Gasteiger partial charge < -0.3 is 20.2 Å². The van der Waals surface area contributed by atoms with Crippen molar-refractivity contribution in [2.24, 2.45) is 0 Å². The zero-order chi connectivity index (χ0) is 13.0. The molecule has 1 aliphatic heterocycles. The summed E-state index contributed by atoms with van der Waals surface area (Å²) in [4.78, 5) is 19.1. The Morgan fingerprint density at radius 2 is 2.11 bits per heavy atom. The zero-order valence-electron chi connectivity index (χ0n) is 10.5. The number of hydrogen-bond acceptors (Lipinski definition) is 6. The summed E-state index contributed by atoms with van der Waals surface area (Å²) in [7, 11) is 1.56. The first-order valence-corrected chi connectivity index (χ1v) is 5.96. The van der Waals surface area contributed by atoms with Crippen LogP contribution >= 0.6 is 0 Å². The molecule has 0 aliphatic carbocycles. The normalized spacial score (nSPS) is 16.6. The predicted molar refractivity (Wildman–Crippen MR) is 69.9 cm³/mol. The Morgan fingerprint density at radius 3 is 2.72 bits per heavy atom. The van der Waals surface area contributed by atoms with Crippen LogP contribution in [0.15, 0.2) is 12.1 Å². The average Bonchev–Trinajstić information content (AvgIpc) is 2.41. The molecule has 1 fully saturated rings. The number of carbonyl (C=O) groups is 1. The third kappa shape index (κ3) is 2.70. The van der Waals surface area contributed by atoms with Crippen molar-refractivity contribution in [1.82, 2.24) is 9.88 Å². The van der Waals surface area contributed by atoms with Crippen LogP contribution in [-0.2, 0) is 4.79 Å². The van der Waals surface area contributed by atoms with Crippen LogP contribution in [0.1, 0.15) is 0 Å². The summed E-state index contributed by atoms with van der Waals surface area (Å²) >= 11 is 0. The molecular weight excluding hydrogens is 232 g/mol. The fourth-order valence-electron chi connectivity index (χ4n) is 2.05. The first-order chi connectivity index (χ1) is 8.74. The molecule has 0 atom stereocenters. The molecule has 98 valence electrons. The van der Waals surface area contributed by atoms with E-state index in [0.29, 0.717) is 18.1 Å². The lowest BCUT2D eigenvalue weighted by Crippen LogP contribution is -2.47. The molecule has 2 heterocycles. The van der Waals surface area contributed by atoms with E-state index in [0.717, 1.165) is 38.3 Å². The number of pyridine rings is 1. The van der Waals surface area contributed by atoms with Crippen LogP contribution < -0.4 is 15.4 Å². The van der Waals surface area contributed by atoms with Crippen LogP contribution in [0, 0.1) is 0 Å². The average molecular weight is 250 g/mol. The van der Waals surface area contributed by atoms with Gasteiger partial charge in [-0.15, -0.1) is 0 Å². The number of aromatic nitrogens is 1. The van der Waals surface area contributed by atoms with E-state index in [1.807, 2.05) is 6.07 Å². The second-order valence-electron chi connectivity index (χ2n) is 4.22. The Bertz CT molecular complexity index is 417. The van der Waals surface area contributed by atoms with E-state index in [1.54, 1.807) is 13.2 Å². The van der Waals surface area contributed by atoms with Gasteiger partial charge in [-0.1, -0.05) is 0 Å². The summed E-state index contributed by atoms with van der Waals surface area (Å²) in [6, 6.07) is 3.70. The number of carbonyl (C=O) groups excluding carboxylic acids is 1. The summed E-state index contributed by atoms with van der Waals surface area (Å²) in [5.41, 5.74) is 6.28. The van der Waals surface area contributed by atoms with E-state index in [9.17, 15) is 4.79 Å². The molecule has 0 spiro atoms. The van der Waals surface area contributed by atoms with Crippen LogP contribution in [0.5, 0.6) is 5.88 Å². The van der Waals surface area contributed by atoms with Crippen LogP contribution in [0.3, 0.4) is 0 Å². The van der Waals surface area contributed by atoms with Gasteiger partial charge in [0.15, 0.2) is 0 Å². The van der Waals surface area contributed by atoms with E-state index >= 15 is 0 Å². The highest BCUT2D eigenvalue weighted by molar-refractivity contribution is 5.55. The zero-order valence-corrected chi connectivity index (χ0v) is 10.5. The standard InChI is InChI=1S/C12H18N4O2/c1-18-12-10(13)2-3-11(14-12)16-6-4-15(5-7-16)8-9-17/h2-3,9H,4-8,13H2,1H3. The van der Waals surface area contributed by atoms with Gasteiger partial charge in [0, 0.05) is 26.2 Å². The number of nitrogen functional groups attached to an aromatic ring is 1. The summed E-state index contributed by atoms with van der Waals surface area (Å²) < 4.78 is 5.12.